The molecule has 1 aliphatic heterocycles. The molecule has 0 spiro atoms. The smallest absolute Gasteiger partial charge is 0.0488 e. The van der Waals surface area contributed by atoms with Crippen molar-refractivity contribution in [1.29, 1.82) is 0 Å². The van der Waals surface area contributed by atoms with Gasteiger partial charge in [-0.3, -0.25) is 4.90 Å². The van der Waals surface area contributed by atoms with Gasteiger partial charge in [-0.25, -0.2) is 0 Å². The Kier molecular flexibility index (Phi) is 5.94. The van der Waals surface area contributed by atoms with Gasteiger partial charge in [0.2, 0.25) is 0 Å². The Bertz CT molecular complexity index is 635. The molecule has 0 saturated carbocycles. The van der Waals surface area contributed by atoms with Crippen LogP contribution in [0.25, 0.3) is 0 Å². The van der Waals surface area contributed by atoms with E-state index in [0.717, 1.165) is 50.3 Å². The number of likely N-dealkylation sites (tertiary alicyclic amines) is 1. The van der Waals surface area contributed by atoms with Crippen LogP contribution in [-0.2, 0) is 13.0 Å². The lowest BCUT2D eigenvalue weighted by atomic mass is 9.75. The zero-order chi connectivity index (χ0) is 16.8. The van der Waals surface area contributed by atoms with Crippen LogP contribution >= 0.6 is 11.6 Å². The van der Waals surface area contributed by atoms with E-state index in [2.05, 4.69) is 41.3 Å². The second-order valence-corrected chi connectivity index (χ2v) is 7.42. The van der Waals surface area contributed by atoms with Crippen LogP contribution in [-0.4, -0.2) is 29.7 Å². The first-order chi connectivity index (χ1) is 11.7. The second kappa shape index (κ2) is 8.15. The third-order valence-electron chi connectivity index (χ3n) is 5.39. The molecule has 0 atom stereocenters. The van der Waals surface area contributed by atoms with Crippen LogP contribution in [0.2, 0.25) is 5.02 Å². The number of halogens is 1. The lowest BCUT2D eigenvalue weighted by Gasteiger charge is -2.41. The van der Waals surface area contributed by atoms with Gasteiger partial charge in [-0.2, -0.15) is 0 Å². The van der Waals surface area contributed by atoms with Crippen LogP contribution in [0.5, 0.6) is 0 Å². The summed E-state index contributed by atoms with van der Waals surface area (Å²) in [5, 5.41) is 10.8. The van der Waals surface area contributed by atoms with Gasteiger partial charge in [-0.05, 0) is 61.4 Å². The predicted molar refractivity (Wildman–Crippen MR) is 100 cm³/mol. The molecular formula is C21H26ClNO. The largest absolute Gasteiger partial charge is 0.396 e. The van der Waals surface area contributed by atoms with E-state index in [4.69, 9.17) is 11.6 Å². The van der Waals surface area contributed by atoms with Gasteiger partial charge >= 0.3 is 0 Å². The Morgan fingerprint density at radius 1 is 0.958 bits per heavy atom. The van der Waals surface area contributed by atoms with E-state index in [0.29, 0.717) is 6.61 Å². The molecule has 3 rings (SSSR count). The van der Waals surface area contributed by atoms with Crippen LogP contribution in [0.15, 0.2) is 54.6 Å². The summed E-state index contributed by atoms with van der Waals surface area (Å²) in [6, 6.07) is 18.7. The van der Waals surface area contributed by atoms with Gasteiger partial charge in [0.25, 0.3) is 0 Å². The molecule has 2 aromatic rings. The Hall–Kier alpha value is -1.35. The Morgan fingerprint density at radius 3 is 2.29 bits per heavy atom. The molecule has 0 aliphatic carbocycles. The monoisotopic (exact) mass is 343 g/mol. The quantitative estimate of drug-likeness (QED) is 0.831. The lowest BCUT2D eigenvalue weighted by Crippen LogP contribution is -2.42. The summed E-state index contributed by atoms with van der Waals surface area (Å²) >= 11 is 6.28. The number of aryl methyl sites for hydroxylation is 1. The van der Waals surface area contributed by atoms with E-state index in [1.54, 1.807) is 0 Å². The van der Waals surface area contributed by atoms with E-state index in [9.17, 15) is 5.11 Å². The van der Waals surface area contributed by atoms with Crippen molar-refractivity contribution in [3.05, 3.63) is 70.7 Å². The zero-order valence-electron chi connectivity index (χ0n) is 14.1. The fraction of sp³-hybridized carbons (Fsp3) is 0.429. The maximum absolute atomic E-state index is 10.0. The SMILES string of the molecule is OCC1(CCc2ccccc2)CCN(Cc2ccccc2Cl)CC1. The Morgan fingerprint density at radius 2 is 1.62 bits per heavy atom. The molecule has 0 bridgehead atoms. The van der Waals surface area contributed by atoms with Crippen LogP contribution in [0.4, 0.5) is 0 Å². The summed E-state index contributed by atoms with van der Waals surface area (Å²) in [6.45, 7) is 3.25. The van der Waals surface area contributed by atoms with Crippen molar-refractivity contribution in [3.8, 4) is 0 Å². The van der Waals surface area contributed by atoms with Gasteiger partial charge in [0.05, 0.1) is 0 Å². The molecule has 1 saturated heterocycles. The first-order valence-corrected chi connectivity index (χ1v) is 9.19. The van der Waals surface area contributed by atoms with Crippen molar-refractivity contribution in [1.82, 2.24) is 4.90 Å². The summed E-state index contributed by atoms with van der Waals surface area (Å²) < 4.78 is 0. The highest BCUT2D eigenvalue weighted by atomic mass is 35.5. The minimum atomic E-state index is 0.0762. The number of benzene rings is 2. The van der Waals surface area contributed by atoms with Gasteiger partial charge in [0, 0.05) is 18.2 Å². The number of aliphatic hydroxyl groups is 1. The summed E-state index contributed by atoms with van der Waals surface area (Å²) in [5.41, 5.74) is 2.64. The average Bonchev–Trinajstić information content (AvgIpc) is 2.64. The van der Waals surface area contributed by atoms with E-state index in [-0.39, 0.29) is 5.41 Å². The lowest BCUT2D eigenvalue weighted by molar-refractivity contribution is 0.0347. The van der Waals surface area contributed by atoms with E-state index in [1.807, 2.05) is 18.2 Å². The molecule has 0 amide bonds. The second-order valence-electron chi connectivity index (χ2n) is 7.01. The summed E-state index contributed by atoms with van der Waals surface area (Å²) in [5.74, 6) is 0. The summed E-state index contributed by atoms with van der Waals surface area (Å²) in [4.78, 5) is 2.46. The van der Waals surface area contributed by atoms with Gasteiger partial charge in [0.1, 0.15) is 0 Å². The summed E-state index contributed by atoms with van der Waals surface area (Å²) in [7, 11) is 0. The summed E-state index contributed by atoms with van der Waals surface area (Å²) in [6.07, 6.45) is 4.22. The van der Waals surface area contributed by atoms with Crippen LogP contribution < -0.4 is 0 Å². The topological polar surface area (TPSA) is 23.5 Å². The van der Waals surface area contributed by atoms with Gasteiger partial charge in [-0.15, -0.1) is 0 Å². The molecule has 1 N–H and O–H groups in total. The van der Waals surface area contributed by atoms with Crippen LogP contribution in [0.3, 0.4) is 0 Å². The number of hydrogen-bond acceptors (Lipinski definition) is 2. The van der Waals surface area contributed by atoms with E-state index >= 15 is 0 Å². The van der Waals surface area contributed by atoms with Crippen molar-refractivity contribution >= 4 is 11.6 Å². The highest BCUT2D eigenvalue weighted by Crippen LogP contribution is 2.36. The first-order valence-electron chi connectivity index (χ1n) is 8.81. The van der Waals surface area contributed by atoms with Gasteiger partial charge < -0.3 is 5.11 Å². The molecule has 0 aromatic heterocycles. The highest BCUT2D eigenvalue weighted by molar-refractivity contribution is 6.31. The Balaban J connectivity index is 1.54. The predicted octanol–water partition coefficient (Wildman–Crippen LogP) is 4.55. The molecule has 1 fully saturated rings. The van der Waals surface area contributed by atoms with Crippen molar-refractivity contribution in [3.63, 3.8) is 0 Å². The third-order valence-corrected chi connectivity index (χ3v) is 5.76. The maximum atomic E-state index is 10.0. The third kappa shape index (κ3) is 4.38. The van der Waals surface area contributed by atoms with E-state index < -0.39 is 0 Å². The van der Waals surface area contributed by atoms with Gasteiger partial charge in [-0.1, -0.05) is 60.1 Å². The minimum Gasteiger partial charge on any atom is -0.396 e. The van der Waals surface area contributed by atoms with Crippen molar-refractivity contribution in [2.75, 3.05) is 19.7 Å². The molecule has 3 heteroatoms. The molecule has 128 valence electrons. The first kappa shape index (κ1) is 17.5. The molecular weight excluding hydrogens is 318 g/mol. The van der Waals surface area contributed by atoms with Gasteiger partial charge in [0.15, 0.2) is 0 Å². The standard InChI is InChI=1S/C21H26ClNO/c22-20-9-5-4-8-19(20)16-23-14-12-21(17-24,13-15-23)11-10-18-6-2-1-3-7-18/h1-9,24H,10-17H2. The minimum absolute atomic E-state index is 0.0762. The normalized spacial score (nSPS) is 17.8. The number of hydrogen-bond donors (Lipinski definition) is 1. The zero-order valence-corrected chi connectivity index (χ0v) is 14.9. The molecule has 0 radical (unpaired) electrons. The maximum Gasteiger partial charge on any atom is 0.0488 e. The Labute approximate surface area is 150 Å². The number of rotatable bonds is 6. The van der Waals surface area contributed by atoms with Crippen molar-refractivity contribution < 1.29 is 5.11 Å². The van der Waals surface area contributed by atoms with Crippen molar-refractivity contribution in [2.45, 2.75) is 32.2 Å². The number of nitrogens with zero attached hydrogens (tertiary/aromatic N) is 1. The highest BCUT2D eigenvalue weighted by Gasteiger charge is 2.33. The fourth-order valence-electron chi connectivity index (χ4n) is 3.59. The molecule has 24 heavy (non-hydrogen) atoms. The molecule has 0 unspecified atom stereocenters. The van der Waals surface area contributed by atoms with Crippen LogP contribution in [0.1, 0.15) is 30.4 Å². The number of aliphatic hydroxyl groups excluding tert-OH is 1. The average molecular weight is 344 g/mol. The fourth-order valence-corrected chi connectivity index (χ4v) is 3.79. The number of piperidine rings is 1. The molecule has 1 heterocycles. The van der Waals surface area contributed by atoms with E-state index in [1.165, 1.54) is 11.1 Å². The molecule has 2 aromatic carbocycles. The molecule has 2 nitrogen and oxygen atoms in total. The molecule has 1 aliphatic rings. The van der Waals surface area contributed by atoms with Crippen molar-refractivity contribution in [2.24, 2.45) is 5.41 Å². The van der Waals surface area contributed by atoms with Crippen LogP contribution in [0, 0.1) is 5.41 Å².